The van der Waals surface area contributed by atoms with Crippen LogP contribution in [-0.4, -0.2) is 36.5 Å². The number of anilines is 1. The number of nitrogens with two attached hydrogens (primary N) is 1. The van der Waals surface area contributed by atoms with Gasteiger partial charge in [-0.2, -0.15) is 0 Å². The molecule has 3 N–H and O–H groups in total. The zero-order chi connectivity index (χ0) is 14.5. The molecule has 4 heteroatoms. The number of hydrogen-bond donors (Lipinski definition) is 2. The third-order valence-corrected chi connectivity index (χ3v) is 4.02. The molecule has 110 valence electrons. The summed E-state index contributed by atoms with van der Waals surface area (Å²) < 4.78 is 0. The lowest BCUT2D eigenvalue weighted by atomic mass is 10.0. The lowest BCUT2D eigenvalue weighted by molar-refractivity contribution is -0.118. The summed E-state index contributed by atoms with van der Waals surface area (Å²) in [5.74, 6) is 0.0531. The second kappa shape index (κ2) is 6.86. The van der Waals surface area contributed by atoms with Crippen molar-refractivity contribution in [3.8, 4) is 0 Å². The van der Waals surface area contributed by atoms with E-state index in [0.717, 1.165) is 30.6 Å². The number of amides is 1. The fraction of sp³-hybridized carbons (Fsp3) is 0.562. The molecule has 1 atom stereocenters. The number of carbonyl (C=O) groups excluding carboxylic acids is 1. The van der Waals surface area contributed by atoms with E-state index in [4.69, 9.17) is 5.73 Å². The molecule has 0 aromatic heterocycles. The zero-order valence-corrected chi connectivity index (χ0v) is 12.5. The van der Waals surface area contributed by atoms with Gasteiger partial charge in [0.05, 0.1) is 6.54 Å². The Hall–Kier alpha value is -1.39. The Labute approximate surface area is 121 Å². The van der Waals surface area contributed by atoms with E-state index in [1.54, 1.807) is 0 Å². The Kier molecular flexibility index (Phi) is 5.15. The van der Waals surface area contributed by atoms with Crippen molar-refractivity contribution in [2.45, 2.75) is 39.2 Å². The first-order valence-electron chi connectivity index (χ1n) is 7.41. The van der Waals surface area contributed by atoms with Gasteiger partial charge in [-0.05, 0) is 44.9 Å². The summed E-state index contributed by atoms with van der Waals surface area (Å²) in [5.41, 5.74) is 9.01. The summed E-state index contributed by atoms with van der Waals surface area (Å²) in [6.07, 6.45) is 3.48. The smallest absolute Gasteiger partial charge is 0.238 e. The van der Waals surface area contributed by atoms with E-state index in [2.05, 4.69) is 23.2 Å². The summed E-state index contributed by atoms with van der Waals surface area (Å²) in [4.78, 5) is 14.4. The summed E-state index contributed by atoms with van der Waals surface area (Å²) in [6.45, 7) is 6.12. The van der Waals surface area contributed by atoms with E-state index in [9.17, 15) is 4.79 Å². The van der Waals surface area contributed by atoms with Crippen LogP contribution >= 0.6 is 0 Å². The zero-order valence-electron chi connectivity index (χ0n) is 12.5. The summed E-state index contributed by atoms with van der Waals surface area (Å²) in [7, 11) is 0. The van der Waals surface area contributed by atoms with Gasteiger partial charge >= 0.3 is 0 Å². The predicted octanol–water partition coefficient (Wildman–Crippen LogP) is 2.06. The van der Waals surface area contributed by atoms with Gasteiger partial charge in [-0.15, -0.1) is 0 Å². The first-order chi connectivity index (χ1) is 9.60. The van der Waals surface area contributed by atoms with Crippen molar-refractivity contribution >= 4 is 11.6 Å². The van der Waals surface area contributed by atoms with E-state index in [0.29, 0.717) is 19.1 Å². The van der Waals surface area contributed by atoms with Crippen molar-refractivity contribution in [3.05, 3.63) is 29.3 Å². The van der Waals surface area contributed by atoms with Crippen molar-refractivity contribution in [1.82, 2.24) is 4.90 Å². The van der Waals surface area contributed by atoms with Crippen molar-refractivity contribution in [2.24, 2.45) is 5.73 Å². The van der Waals surface area contributed by atoms with E-state index >= 15 is 0 Å². The number of piperidine rings is 1. The van der Waals surface area contributed by atoms with Crippen LogP contribution in [0, 0.1) is 13.8 Å². The standard InChI is InChI=1S/C16H25N3O/c1-12-6-7-15(13(2)9-12)18-16(20)11-19-8-4-3-5-14(19)10-17/h6-7,9,14H,3-5,8,10-11,17H2,1-2H3,(H,18,20). The Balaban J connectivity index is 1.94. The lowest BCUT2D eigenvalue weighted by Crippen LogP contribution is -2.47. The molecule has 1 aliphatic heterocycles. The number of aryl methyl sites for hydroxylation is 2. The number of benzene rings is 1. The Bertz CT molecular complexity index is 473. The fourth-order valence-electron chi connectivity index (χ4n) is 2.86. The molecule has 1 aromatic carbocycles. The van der Waals surface area contributed by atoms with Gasteiger partial charge in [-0.25, -0.2) is 0 Å². The van der Waals surface area contributed by atoms with Crippen LogP contribution in [0.15, 0.2) is 18.2 Å². The number of likely N-dealkylation sites (tertiary alicyclic amines) is 1. The molecule has 4 nitrogen and oxygen atoms in total. The van der Waals surface area contributed by atoms with Crippen LogP contribution in [0.5, 0.6) is 0 Å². The number of carbonyl (C=O) groups is 1. The normalized spacial score (nSPS) is 19.9. The maximum atomic E-state index is 12.2. The van der Waals surface area contributed by atoms with Gasteiger partial charge in [0, 0.05) is 18.3 Å². The number of hydrogen-bond acceptors (Lipinski definition) is 3. The van der Waals surface area contributed by atoms with Crippen LogP contribution < -0.4 is 11.1 Å². The van der Waals surface area contributed by atoms with Crippen molar-refractivity contribution in [2.75, 3.05) is 25.0 Å². The SMILES string of the molecule is Cc1ccc(NC(=O)CN2CCCCC2CN)c(C)c1. The minimum atomic E-state index is 0.0531. The minimum absolute atomic E-state index is 0.0531. The number of rotatable bonds is 4. The molecule has 0 aliphatic carbocycles. The molecule has 1 unspecified atom stereocenters. The van der Waals surface area contributed by atoms with Gasteiger partial charge in [0.2, 0.25) is 5.91 Å². The fourth-order valence-corrected chi connectivity index (χ4v) is 2.86. The topological polar surface area (TPSA) is 58.4 Å². The van der Waals surface area contributed by atoms with Gasteiger partial charge in [-0.3, -0.25) is 9.69 Å². The van der Waals surface area contributed by atoms with Crippen LogP contribution in [0.2, 0.25) is 0 Å². The van der Waals surface area contributed by atoms with Crippen LogP contribution in [0.3, 0.4) is 0 Å². The maximum Gasteiger partial charge on any atom is 0.238 e. The average Bonchev–Trinajstić information content (AvgIpc) is 2.42. The number of nitrogens with one attached hydrogen (secondary N) is 1. The molecule has 1 aliphatic rings. The molecule has 0 spiro atoms. The first kappa shape index (κ1) is 15.0. The third-order valence-electron chi connectivity index (χ3n) is 4.02. The van der Waals surface area contributed by atoms with Crippen molar-refractivity contribution in [3.63, 3.8) is 0 Å². The lowest BCUT2D eigenvalue weighted by Gasteiger charge is -2.34. The van der Waals surface area contributed by atoms with E-state index in [1.165, 1.54) is 12.0 Å². The molecule has 1 amide bonds. The second-order valence-electron chi connectivity index (χ2n) is 5.72. The third kappa shape index (κ3) is 3.81. The molecular weight excluding hydrogens is 250 g/mol. The van der Waals surface area contributed by atoms with Gasteiger partial charge in [-0.1, -0.05) is 24.1 Å². The highest BCUT2D eigenvalue weighted by molar-refractivity contribution is 5.93. The first-order valence-corrected chi connectivity index (χ1v) is 7.41. The summed E-state index contributed by atoms with van der Waals surface area (Å²) in [6, 6.07) is 6.43. The van der Waals surface area contributed by atoms with Crippen LogP contribution in [-0.2, 0) is 4.79 Å². The molecule has 1 saturated heterocycles. The Morgan fingerprint density at radius 1 is 1.40 bits per heavy atom. The van der Waals surface area contributed by atoms with Crippen LogP contribution in [0.4, 0.5) is 5.69 Å². The molecule has 0 bridgehead atoms. The van der Waals surface area contributed by atoms with E-state index in [-0.39, 0.29) is 5.91 Å². The molecule has 1 heterocycles. The predicted molar refractivity (Wildman–Crippen MR) is 82.8 cm³/mol. The highest BCUT2D eigenvalue weighted by Gasteiger charge is 2.23. The maximum absolute atomic E-state index is 12.2. The van der Waals surface area contributed by atoms with Crippen molar-refractivity contribution < 1.29 is 4.79 Å². The Morgan fingerprint density at radius 3 is 2.90 bits per heavy atom. The summed E-state index contributed by atoms with van der Waals surface area (Å²) in [5, 5.41) is 3.01. The molecule has 1 aromatic rings. The monoisotopic (exact) mass is 275 g/mol. The quantitative estimate of drug-likeness (QED) is 0.884. The molecule has 2 rings (SSSR count). The van der Waals surface area contributed by atoms with E-state index in [1.807, 2.05) is 19.1 Å². The summed E-state index contributed by atoms with van der Waals surface area (Å²) >= 11 is 0. The van der Waals surface area contributed by atoms with E-state index < -0.39 is 0 Å². The van der Waals surface area contributed by atoms with Gasteiger partial charge < -0.3 is 11.1 Å². The molecule has 0 saturated carbocycles. The molecule has 1 fully saturated rings. The second-order valence-corrected chi connectivity index (χ2v) is 5.72. The minimum Gasteiger partial charge on any atom is -0.329 e. The van der Waals surface area contributed by atoms with Gasteiger partial charge in [0.1, 0.15) is 0 Å². The van der Waals surface area contributed by atoms with Crippen molar-refractivity contribution in [1.29, 1.82) is 0 Å². The average molecular weight is 275 g/mol. The molecule has 0 radical (unpaired) electrons. The highest BCUT2D eigenvalue weighted by Crippen LogP contribution is 2.18. The largest absolute Gasteiger partial charge is 0.329 e. The van der Waals surface area contributed by atoms with Gasteiger partial charge in [0.15, 0.2) is 0 Å². The Morgan fingerprint density at radius 2 is 2.20 bits per heavy atom. The molecular formula is C16H25N3O. The molecule has 20 heavy (non-hydrogen) atoms. The number of nitrogens with zero attached hydrogens (tertiary/aromatic N) is 1. The van der Waals surface area contributed by atoms with Gasteiger partial charge in [0.25, 0.3) is 0 Å². The van der Waals surface area contributed by atoms with Crippen LogP contribution in [0.1, 0.15) is 30.4 Å². The van der Waals surface area contributed by atoms with Crippen LogP contribution in [0.25, 0.3) is 0 Å². The highest BCUT2D eigenvalue weighted by atomic mass is 16.2.